The molecule has 0 radical (unpaired) electrons. The van der Waals surface area contributed by atoms with E-state index in [1.54, 1.807) is 11.3 Å². The lowest BCUT2D eigenvalue weighted by atomic mass is 9.85. The maximum Gasteiger partial charge on any atom is 0.105 e. The summed E-state index contributed by atoms with van der Waals surface area (Å²) in [4.78, 5) is 8.49. The van der Waals surface area contributed by atoms with Crippen LogP contribution in [0.5, 0.6) is 0 Å². The second kappa shape index (κ2) is 6.17. The molecule has 4 rings (SSSR count). The summed E-state index contributed by atoms with van der Waals surface area (Å²) >= 11 is 7.96. The number of hydrogen-bond donors (Lipinski definition) is 0. The van der Waals surface area contributed by atoms with E-state index in [0.717, 1.165) is 61.2 Å². The first-order valence-electron chi connectivity index (χ1n) is 8.22. The zero-order valence-corrected chi connectivity index (χ0v) is 14.9. The molecule has 3 nitrogen and oxygen atoms in total. The van der Waals surface area contributed by atoms with Crippen LogP contribution in [0, 0.1) is 6.92 Å². The highest BCUT2D eigenvalue weighted by molar-refractivity contribution is 7.16. The van der Waals surface area contributed by atoms with Gasteiger partial charge in [0.25, 0.3) is 0 Å². The second-order valence-electron chi connectivity index (χ2n) is 6.54. The van der Waals surface area contributed by atoms with Crippen molar-refractivity contribution in [3.8, 4) is 0 Å². The zero-order valence-electron chi connectivity index (χ0n) is 13.3. The van der Waals surface area contributed by atoms with Crippen LogP contribution in [-0.2, 0) is 23.3 Å². The molecule has 0 atom stereocenters. The van der Waals surface area contributed by atoms with Crippen molar-refractivity contribution in [3.63, 3.8) is 0 Å². The lowest BCUT2D eigenvalue weighted by Gasteiger charge is -2.43. The van der Waals surface area contributed by atoms with E-state index in [1.165, 1.54) is 10.4 Å². The number of ether oxygens (including phenoxy) is 1. The summed E-state index contributed by atoms with van der Waals surface area (Å²) in [6.07, 6.45) is 3.09. The van der Waals surface area contributed by atoms with Crippen molar-refractivity contribution >= 4 is 22.9 Å². The molecule has 122 valence electrons. The first kappa shape index (κ1) is 15.6. The molecule has 2 aliphatic heterocycles. The first-order valence-corrected chi connectivity index (χ1v) is 9.42. The third kappa shape index (κ3) is 3.05. The number of aryl methyl sites for hydroxylation is 1. The highest BCUT2D eigenvalue weighted by atomic mass is 35.5. The predicted molar refractivity (Wildman–Crippen MR) is 94.1 cm³/mol. The Hall–Kier alpha value is -0.940. The molecule has 1 saturated heterocycles. The fourth-order valence-corrected chi connectivity index (χ4v) is 5.25. The van der Waals surface area contributed by atoms with Crippen molar-refractivity contribution in [2.24, 2.45) is 0 Å². The molecule has 1 spiro atoms. The summed E-state index contributed by atoms with van der Waals surface area (Å²) in [5.41, 5.74) is 3.55. The Balaban J connectivity index is 1.47. The minimum atomic E-state index is -0.0953. The maximum atomic E-state index is 6.27. The van der Waals surface area contributed by atoms with E-state index in [4.69, 9.17) is 16.3 Å². The zero-order chi connectivity index (χ0) is 15.9. The molecule has 0 amide bonds. The predicted octanol–water partition coefficient (Wildman–Crippen LogP) is 4.17. The fraction of sp³-hybridized carbons (Fsp3) is 0.500. The van der Waals surface area contributed by atoms with E-state index in [1.807, 2.05) is 13.0 Å². The van der Waals surface area contributed by atoms with Crippen LogP contribution in [0.3, 0.4) is 0 Å². The van der Waals surface area contributed by atoms with Crippen LogP contribution in [0.4, 0.5) is 0 Å². The quantitative estimate of drug-likeness (QED) is 0.814. The Morgan fingerprint density at radius 1 is 1.35 bits per heavy atom. The summed E-state index contributed by atoms with van der Waals surface area (Å²) in [7, 11) is 0. The molecule has 0 N–H and O–H groups in total. The standard InChI is InChI=1S/C18H21ClN2OS/c1-13-3-2-4-15(20-13)12-21-8-6-18(7-9-21)17-14(5-10-22-18)11-16(19)23-17/h2-4,11H,5-10,12H2,1H3. The fourth-order valence-electron chi connectivity index (χ4n) is 3.75. The summed E-state index contributed by atoms with van der Waals surface area (Å²) in [6, 6.07) is 8.39. The van der Waals surface area contributed by atoms with Gasteiger partial charge in [-0.05, 0) is 49.9 Å². The Morgan fingerprint density at radius 2 is 2.17 bits per heavy atom. The third-order valence-electron chi connectivity index (χ3n) is 4.94. The van der Waals surface area contributed by atoms with Gasteiger partial charge in [-0.25, -0.2) is 0 Å². The van der Waals surface area contributed by atoms with E-state index in [9.17, 15) is 0 Å². The van der Waals surface area contributed by atoms with E-state index < -0.39 is 0 Å². The van der Waals surface area contributed by atoms with Gasteiger partial charge in [0.15, 0.2) is 0 Å². The monoisotopic (exact) mass is 348 g/mol. The van der Waals surface area contributed by atoms with Crippen LogP contribution < -0.4 is 0 Å². The van der Waals surface area contributed by atoms with Gasteiger partial charge in [-0.2, -0.15) is 0 Å². The van der Waals surface area contributed by atoms with Crippen molar-refractivity contribution < 1.29 is 4.74 Å². The van der Waals surface area contributed by atoms with Gasteiger partial charge >= 0.3 is 0 Å². The third-order valence-corrected chi connectivity index (χ3v) is 6.43. The molecule has 2 aromatic heterocycles. The van der Waals surface area contributed by atoms with Gasteiger partial charge in [-0.1, -0.05) is 17.7 Å². The molecular weight excluding hydrogens is 328 g/mol. The van der Waals surface area contributed by atoms with Crippen molar-refractivity contribution in [1.82, 2.24) is 9.88 Å². The average molecular weight is 349 g/mol. The molecule has 0 saturated carbocycles. The molecule has 4 heterocycles. The summed E-state index contributed by atoms with van der Waals surface area (Å²) < 4.78 is 7.17. The van der Waals surface area contributed by atoms with E-state index in [-0.39, 0.29) is 5.60 Å². The molecule has 0 aromatic carbocycles. The molecule has 0 unspecified atom stereocenters. The highest BCUT2D eigenvalue weighted by Crippen LogP contribution is 2.46. The number of halogens is 1. The Labute approximate surface area is 146 Å². The van der Waals surface area contributed by atoms with Gasteiger partial charge in [0.05, 0.1) is 16.6 Å². The molecular formula is C18H21ClN2OS. The lowest BCUT2D eigenvalue weighted by Crippen LogP contribution is -2.45. The molecule has 0 aliphatic carbocycles. The Kier molecular flexibility index (Phi) is 4.18. The van der Waals surface area contributed by atoms with Crippen LogP contribution in [0.1, 0.15) is 34.7 Å². The van der Waals surface area contributed by atoms with Gasteiger partial charge in [0.1, 0.15) is 5.60 Å². The van der Waals surface area contributed by atoms with Crippen LogP contribution in [0.15, 0.2) is 24.3 Å². The molecule has 5 heteroatoms. The number of rotatable bonds is 2. The smallest absolute Gasteiger partial charge is 0.105 e. The van der Waals surface area contributed by atoms with Gasteiger partial charge in [0, 0.05) is 30.2 Å². The first-order chi connectivity index (χ1) is 11.1. The topological polar surface area (TPSA) is 25.4 Å². The van der Waals surface area contributed by atoms with Crippen molar-refractivity contribution in [3.05, 3.63) is 50.4 Å². The van der Waals surface area contributed by atoms with Crippen LogP contribution in [0.2, 0.25) is 4.34 Å². The summed E-state index contributed by atoms with van der Waals surface area (Å²) in [6.45, 7) is 5.89. The minimum absolute atomic E-state index is 0.0953. The molecule has 0 bridgehead atoms. The van der Waals surface area contributed by atoms with Crippen LogP contribution in [0.25, 0.3) is 0 Å². The van der Waals surface area contributed by atoms with Crippen LogP contribution >= 0.6 is 22.9 Å². The number of nitrogens with zero attached hydrogens (tertiary/aromatic N) is 2. The number of aromatic nitrogens is 1. The number of piperidine rings is 1. The molecule has 23 heavy (non-hydrogen) atoms. The highest BCUT2D eigenvalue weighted by Gasteiger charge is 2.42. The number of hydrogen-bond acceptors (Lipinski definition) is 4. The molecule has 2 aromatic rings. The normalized spacial score (nSPS) is 20.6. The van der Waals surface area contributed by atoms with Crippen LogP contribution in [-0.4, -0.2) is 29.6 Å². The number of fused-ring (bicyclic) bond motifs is 2. The van der Waals surface area contributed by atoms with Gasteiger partial charge in [0.2, 0.25) is 0 Å². The second-order valence-corrected chi connectivity index (χ2v) is 8.23. The summed E-state index contributed by atoms with van der Waals surface area (Å²) in [5.74, 6) is 0. The number of pyridine rings is 1. The van der Waals surface area contributed by atoms with Crippen molar-refractivity contribution in [1.29, 1.82) is 0 Å². The number of likely N-dealkylation sites (tertiary alicyclic amines) is 1. The Bertz CT molecular complexity index is 707. The SMILES string of the molecule is Cc1cccc(CN2CCC3(CC2)OCCc2cc(Cl)sc23)n1. The van der Waals surface area contributed by atoms with Crippen molar-refractivity contribution in [2.75, 3.05) is 19.7 Å². The lowest BCUT2D eigenvalue weighted by molar-refractivity contribution is -0.0961. The van der Waals surface area contributed by atoms with E-state index in [0.29, 0.717) is 0 Å². The van der Waals surface area contributed by atoms with Gasteiger partial charge in [-0.3, -0.25) is 9.88 Å². The Morgan fingerprint density at radius 3 is 2.96 bits per heavy atom. The minimum Gasteiger partial charge on any atom is -0.369 e. The maximum absolute atomic E-state index is 6.27. The molecule has 2 aliphatic rings. The average Bonchev–Trinajstić information content (AvgIpc) is 2.92. The van der Waals surface area contributed by atoms with Gasteiger partial charge < -0.3 is 4.74 Å². The van der Waals surface area contributed by atoms with E-state index >= 15 is 0 Å². The number of thiophene rings is 1. The largest absolute Gasteiger partial charge is 0.369 e. The van der Waals surface area contributed by atoms with E-state index in [2.05, 4.69) is 28.1 Å². The summed E-state index contributed by atoms with van der Waals surface area (Å²) in [5, 5.41) is 0. The van der Waals surface area contributed by atoms with Gasteiger partial charge in [-0.15, -0.1) is 11.3 Å². The molecule has 1 fully saturated rings. The van der Waals surface area contributed by atoms with Crippen molar-refractivity contribution in [2.45, 2.75) is 38.3 Å².